The second-order valence-corrected chi connectivity index (χ2v) is 11.3. The van der Waals surface area contributed by atoms with Crippen molar-refractivity contribution in [3.8, 4) is 28.3 Å². The Morgan fingerprint density at radius 3 is 2.34 bits per heavy atom. The molecule has 0 radical (unpaired) electrons. The summed E-state index contributed by atoms with van der Waals surface area (Å²) in [6.07, 6.45) is -5.14. The second kappa shape index (κ2) is 10.4. The number of halogens is 3. The van der Waals surface area contributed by atoms with Crippen molar-refractivity contribution in [3.63, 3.8) is 0 Å². The van der Waals surface area contributed by atoms with Crippen molar-refractivity contribution in [2.75, 3.05) is 18.1 Å². The fourth-order valence-corrected chi connectivity index (χ4v) is 5.14. The van der Waals surface area contributed by atoms with Gasteiger partial charge in [-0.2, -0.15) is 13.2 Å². The molecule has 0 unspecified atom stereocenters. The number of alkyl halides is 3. The Morgan fingerprint density at radius 1 is 1.10 bits per heavy atom. The standard InChI is InChI=1S/C30H30F3N3O5/c1-28(2,3)41-27(39)35-29(14-21(37)15-29)20-11-9-19(10-12-20)25-22(18-7-5-4-6-8-18)13-23-26(34-25)40-16-24(38)36(23)17-30(31,32)33/h4-13,21,37H,14-17H2,1-3H3,(H,35,39). The number of carbonyl (C=O) groups is 2. The SMILES string of the molecule is CC(C)(C)OC(=O)NC1(c2ccc(-c3nc4c(cc3-c3ccccc3)N(CC(F)(F)F)C(=O)CO4)cc2)CC(O)C1. The van der Waals surface area contributed by atoms with E-state index in [1.165, 1.54) is 6.07 Å². The Hall–Kier alpha value is -4.12. The third-order valence-corrected chi connectivity index (χ3v) is 6.93. The second-order valence-electron chi connectivity index (χ2n) is 11.3. The molecule has 8 nitrogen and oxygen atoms in total. The van der Waals surface area contributed by atoms with Crippen LogP contribution in [-0.2, 0) is 15.1 Å². The molecule has 0 saturated heterocycles. The van der Waals surface area contributed by atoms with E-state index >= 15 is 0 Å². The highest BCUT2D eigenvalue weighted by molar-refractivity contribution is 5.99. The Morgan fingerprint density at radius 2 is 1.76 bits per heavy atom. The molecule has 2 amide bonds. The number of pyridine rings is 1. The molecule has 41 heavy (non-hydrogen) atoms. The maximum Gasteiger partial charge on any atom is 0.408 e. The van der Waals surface area contributed by atoms with E-state index in [1.54, 1.807) is 57.2 Å². The largest absolute Gasteiger partial charge is 0.466 e. The highest BCUT2D eigenvalue weighted by Gasteiger charge is 2.47. The van der Waals surface area contributed by atoms with Crippen LogP contribution >= 0.6 is 0 Å². The molecule has 3 aromatic rings. The number of aliphatic hydroxyl groups is 1. The van der Waals surface area contributed by atoms with Crippen LogP contribution in [0.5, 0.6) is 5.88 Å². The minimum absolute atomic E-state index is 0.0539. The molecule has 1 aliphatic carbocycles. The smallest absolute Gasteiger partial charge is 0.408 e. The molecule has 1 fully saturated rings. The van der Waals surface area contributed by atoms with Crippen LogP contribution < -0.4 is 15.0 Å². The number of nitrogens with zero attached hydrogens (tertiary/aromatic N) is 2. The predicted octanol–water partition coefficient (Wildman–Crippen LogP) is 5.58. The number of benzene rings is 2. The molecular weight excluding hydrogens is 539 g/mol. The van der Waals surface area contributed by atoms with Gasteiger partial charge in [0.2, 0.25) is 5.88 Å². The summed E-state index contributed by atoms with van der Waals surface area (Å²) in [5.74, 6) is -0.879. The predicted molar refractivity (Wildman–Crippen MR) is 145 cm³/mol. The normalized spacial score (nSPS) is 20.5. The van der Waals surface area contributed by atoms with Crippen LogP contribution in [0.2, 0.25) is 0 Å². The number of alkyl carbamates (subject to hydrolysis) is 1. The Labute approximate surface area is 235 Å². The van der Waals surface area contributed by atoms with Crippen LogP contribution in [0.3, 0.4) is 0 Å². The van der Waals surface area contributed by atoms with E-state index in [9.17, 15) is 27.9 Å². The lowest BCUT2D eigenvalue weighted by Gasteiger charge is -2.46. The van der Waals surface area contributed by atoms with Gasteiger partial charge < -0.3 is 19.9 Å². The molecule has 0 atom stereocenters. The first-order valence-electron chi connectivity index (χ1n) is 13.1. The molecule has 0 spiro atoms. The van der Waals surface area contributed by atoms with Gasteiger partial charge in [-0.25, -0.2) is 9.78 Å². The molecule has 1 aromatic heterocycles. The van der Waals surface area contributed by atoms with Gasteiger partial charge in [0.05, 0.1) is 17.3 Å². The Bertz CT molecular complexity index is 1450. The number of aromatic nitrogens is 1. The van der Waals surface area contributed by atoms with Crippen LogP contribution in [0.1, 0.15) is 39.2 Å². The zero-order valence-electron chi connectivity index (χ0n) is 22.8. The number of hydrogen-bond donors (Lipinski definition) is 2. The first kappa shape index (κ1) is 28.4. The lowest BCUT2D eigenvalue weighted by atomic mass is 9.69. The van der Waals surface area contributed by atoms with Crippen LogP contribution in [0.15, 0.2) is 60.7 Å². The lowest BCUT2D eigenvalue weighted by molar-refractivity contribution is -0.134. The van der Waals surface area contributed by atoms with Crippen molar-refractivity contribution in [1.82, 2.24) is 10.3 Å². The van der Waals surface area contributed by atoms with Gasteiger partial charge in [0.15, 0.2) is 6.61 Å². The zero-order chi connectivity index (χ0) is 29.6. The number of aliphatic hydroxyl groups excluding tert-OH is 1. The fourth-order valence-electron chi connectivity index (χ4n) is 5.14. The van der Waals surface area contributed by atoms with Crippen LogP contribution in [-0.4, -0.2) is 53.1 Å². The summed E-state index contributed by atoms with van der Waals surface area (Å²) in [5, 5.41) is 13.0. The summed E-state index contributed by atoms with van der Waals surface area (Å²) in [4.78, 5) is 30.2. The first-order chi connectivity index (χ1) is 19.2. The van der Waals surface area contributed by atoms with Gasteiger partial charge in [-0.05, 0) is 38.0 Å². The molecule has 2 aromatic carbocycles. The number of rotatable bonds is 5. The number of fused-ring (bicyclic) bond motifs is 1. The summed E-state index contributed by atoms with van der Waals surface area (Å²) in [6.45, 7) is 3.29. The number of nitrogens with one attached hydrogen (secondary N) is 1. The summed E-state index contributed by atoms with van der Waals surface area (Å²) in [5.41, 5.74) is 1.51. The minimum atomic E-state index is -4.61. The van der Waals surface area contributed by atoms with E-state index in [-0.39, 0.29) is 11.6 Å². The number of carbonyl (C=O) groups excluding carboxylic acids is 2. The molecule has 1 saturated carbocycles. The van der Waals surface area contributed by atoms with Gasteiger partial charge in [-0.1, -0.05) is 54.6 Å². The Balaban J connectivity index is 1.54. The van der Waals surface area contributed by atoms with Gasteiger partial charge in [-0.3, -0.25) is 9.69 Å². The summed E-state index contributed by atoms with van der Waals surface area (Å²) < 4.78 is 50.9. The van der Waals surface area contributed by atoms with Crippen molar-refractivity contribution in [3.05, 3.63) is 66.2 Å². The number of amides is 2. The third-order valence-electron chi connectivity index (χ3n) is 6.93. The van der Waals surface area contributed by atoms with E-state index in [2.05, 4.69) is 10.3 Å². The molecule has 2 heterocycles. The van der Waals surface area contributed by atoms with Gasteiger partial charge in [-0.15, -0.1) is 0 Å². The number of anilines is 1. The van der Waals surface area contributed by atoms with Crippen molar-refractivity contribution < 1.29 is 37.3 Å². The third kappa shape index (κ3) is 6.14. The molecule has 11 heteroatoms. The van der Waals surface area contributed by atoms with Gasteiger partial charge in [0, 0.05) is 24.0 Å². The molecule has 1 aliphatic heterocycles. The van der Waals surface area contributed by atoms with Crippen molar-refractivity contribution >= 4 is 17.7 Å². The van der Waals surface area contributed by atoms with E-state index in [0.29, 0.717) is 40.1 Å². The van der Waals surface area contributed by atoms with Crippen LogP contribution in [0.4, 0.5) is 23.7 Å². The monoisotopic (exact) mass is 569 g/mol. The average molecular weight is 570 g/mol. The van der Waals surface area contributed by atoms with E-state index in [1.807, 2.05) is 18.2 Å². The first-order valence-corrected chi connectivity index (χ1v) is 13.1. The molecular formula is C30H30F3N3O5. The van der Waals surface area contributed by atoms with Crippen LogP contribution in [0.25, 0.3) is 22.4 Å². The quantitative estimate of drug-likeness (QED) is 0.416. The Kier molecular flexibility index (Phi) is 7.19. The average Bonchev–Trinajstić information content (AvgIpc) is 2.87. The van der Waals surface area contributed by atoms with Crippen molar-refractivity contribution in [1.29, 1.82) is 0 Å². The molecule has 5 rings (SSSR count). The van der Waals surface area contributed by atoms with Gasteiger partial charge in [0.1, 0.15) is 17.8 Å². The van der Waals surface area contributed by atoms with Crippen molar-refractivity contribution in [2.45, 2.75) is 57.0 Å². The zero-order valence-corrected chi connectivity index (χ0v) is 22.8. The van der Waals surface area contributed by atoms with E-state index in [0.717, 1.165) is 5.56 Å². The number of hydrogen-bond acceptors (Lipinski definition) is 6. The topological polar surface area (TPSA) is 101 Å². The lowest BCUT2D eigenvalue weighted by Crippen LogP contribution is -2.57. The summed E-state index contributed by atoms with van der Waals surface area (Å²) >= 11 is 0. The highest BCUT2D eigenvalue weighted by atomic mass is 19.4. The van der Waals surface area contributed by atoms with Crippen LogP contribution in [0, 0.1) is 0 Å². The molecule has 0 bridgehead atoms. The van der Waals surface area contributed by atoms with E-state index in [4.69, 9.17) is 9.47 Å². The molecule has 2 N–H and O–H groups in total. The highest BCUT2D eigenvalue weighted by Crippen LogP contribution is 2.44. The van der Waals surface area contributed by atoms with Gasteiger partial charge >= 0.3 is 12.3 Å². The summed E-state index contributed by atoms with van der Waals surface area (Å²) in [7, 11) is 0. The maximum absolute atomic E-state index is 13.3. The minimum Gasteiger partial charge on any atom is -0.466 e. The van der Waals surface area contributed by atoms with Gasteiger partial charge in [0.25, 0.3) is 5.91 Å². The fraction of sp³-hybridized carbons (Fsp3) is 0.367. The maximum atomic E-state index is 13.3. The molecule has 2 aliphatic rings. The number of ether oxygens (including phenoxy) is 2. The summed E-state index contributed by atoms with van der Waals surface area (Å²) in [6, 6.07) is 17.7. The van der Waals surface area contributed by atoms with E-state index < -0.39 is 48.6 Å². The van der Waals surface area contributed by atoms with Crippen molar-refractivity contribution in [2.24, 2.45) is 0 Å². The molecule has 216 valence electrons.